The Morgan fingerprint density at radius 2 is 1.71 bits per heavy atom. The molecule has 6 rings (SSSR count). The van der Waals surface area contributed by atoms with Gasteiger partial charge in [0, 0.05) is 24.5 Å². The lowest BCUT2D eigenvalue weighted by Gasteiger charge is -2.58. The van der Waals surface area contributed by atoms with E-state index in [9.17, 15) is 18.0 Å². The van der Waals surface area contributed by atoms with Crippen LogP contribution in [0.2, 0.25) is 10.0 Å². The van der Waals surface area contributed by atoms with Crippen LogP contribution < -0.4 is 15.4 Å². The van der Waals surface area contributed by atoms with Crippen molar-refractivity contribution in [1.29, 1.82) is 0 Å². The van der Waals surface area contributed by atoms with Gasteiger partial charge in [-0.3, -0.25) is 13.9 Å². The van der Waals surface area contributed by atoms with Crippen LogP contribution in [0.4, 0.5) is 5.69 Å². The molecule has 192 valence electrons. The molecule has 2 unspecified atom stereocenters. The molecule has 1 aliphatic heterocycles. The Balaban J connectivity index is 1.32. The zero-order chi connectivity index (χ0) is 25.3. The summed E-state index contributed by atoms with van der Waals surface area (Å²) in [5.41, 5.74) is 6.41. The van der Waals surface area contributed by atoms with Crippen LogP contribution in [0.15, 0.2) is 12.1 Å². The number of hydrogen-bond donors (Lipinski definition) is 2. The van der Waals surface area contributed by atoms with Crippen LogP contribution in [0.1, 0.15) is 44.6 Å². The van der Waals surface area contributed by atoms with Crippen molar-refractivity contribution < 1.29 is 18.0 Å². The summed E-state index contributed by atoms with van der Waals surface area (Å²) in [5, 5.41) is 3.65. The number of primary amides is 1. The van der Waals surface area contributed by atoms with Gasteiger partial charge in [0.25, 0.3) is 0 Å². The van der Waals surface area contributed by atoms with Gasteiger partial charge in [-0.05, 0) is 80.4 Å². The molecule has 35 heavy (non-hydrogen) atoms. The van der Waals surface area contributed by atoms with Crippen LogP contribution in [-0.2, 0) is 19.8 Å². The minimum atomic E-state index is -4.01. The van der Waals surface area contributed by atoms with Gasteiger partial charge in [0.1, 0.15) is 0 Å². The first-order valence-corrected chi connectivity index (χ1v) is 14.4. The molecule has 4 aliphatic carbocycles. The molecule has 4 saturated carbocycles. The second kappa shape index (κ2) is 8.78. The number of halogens is 2. The Morgan fingerprint density at radius 3 is 2.29 bits per heavy atom. The van der Waals surface area contributed by atoms with E-state index in [0.717, 1.165) is 24.8 Å². The fourth-order valence-corrected chi connectivity index (χ4v) is 10.0. The predicted molar refractivity (Wildman–Crippen MR) is 135 cm³/mol. The summed E-state index contributed by atoms with van der Waals surface area (Å²) in [6.45, 7) is 3.96. The van der Waals surface area contributed by atoms with Crippen LogP contribution in [-0.4, -0.2) is 50.2 Å². The number of carbonyl (C=O) groups is 2. The molecule has 5 fully saturated rings. The van der Waals surface area contributed by atoms with Gasteiger partial charge in [0.05, 0.1) is 22.3 Å². The highest BCUT2D eigenvalue weighted by atomic mass is 35.5. The third-order valence-corrected chi connectivity index (χ3v) is 10.8. The van der Waals surface area contributed by atoms with Crippen LogP contribution in [0, 0.1) is 36.0 Å². The molecule has 2 amide bonds. The lowest BCUT2D eigenvalue weighted by Crippen LogP contribution is -2.63. The highest BCUT2D eigenvalue weighted by molar-refractivity contribution is 7.90. The first-order valence-electron chi connectivity index (χ1n) is 12.2. The number of nitrogens with two attached hydrogens (primary N) is 1. The molecule has 4 bridgehead atoms. The van der Waals surface area contributed by atoms with Crippen molar-refractivity contribution in [2.45, 2.75) is 52.0 Å². The average Bonchev–Trinajstić information content (AvgIpc) is 2.73. The second-order valence-corrected chi connectivity index (χ2v) is 13.9. The van der Waals surface area contributed by atoms with Gasteiger partial charge in [-0.25, -0.2) is 0 Å². The van der Waals surface area contributed by atoms with Crippen molar-refractivity contribution in [2.75, 3.05) is 23.9 Å². The number of anilines is 1. The van der Waals surface area contributed by atoms with Gasteiger partial charge < -0.3 is 11.1 Å². The van der Waals surface area contributed by atoms with Gasteiger partial charge in [-0.2, -0.15) is 12.7 Å². The van der Waals surface area contributed by atoms with Gasteiger partial charge in [0.2, 0.25) is 11.8 Å². The highest BCUT2D eigenvalue weighted by Gasteiger charge is 2.58. The Labute approximate surface area is 216 Å². The van der Waals surface area contributed by atoms with Gasteiger partial charge in [-0.15, -0.1) is 0 Å². The van der Waals surface area contributed by atoms with Gasteiger partial charge in [0.15, 0.2) is 0 Å². The van der Waals surface area contributed by atoms with Crippen molar-refractivity contribution in [2.24, 2.45) is 34.8 Å². The zero-order valence-corrected chi connectivity index (χ0v) is 22.3. The Morgan fingerprint density at radius 1 is 1.11 bits per heavy atom. The van der Waals surface area contributed by atoms with Crippen molar-refractivity contribution in [3.63, 3.8) is 0 Å². The number of hydrogen-bond acceptors (Lipinski definition) is 4. The predicted octanol–water partition coefficient (Wildman–Crippen LogP) is 3.10. The second-order valence-electron chi connectivity index (χ2n) is 11.2. The van der Waals surface area contributed by atoms with Crippen molar-refractivity contribution in [1.82, 2.24) is 9.62 Å². The monoisotopic (exact) mass is 542 g/mol. The molecule has 5 aliphatic rings. The lowest BCUT2D eigenvalue weighted by molar-refractivity contribution is -0.147. The fraction of sp³-hybridized carbons (Fsp3) is 0.667. The van der Waals surface area contributed by atoms with E-state index >= 15 is 0 Å². The number of rotatable bonds is 5. The minimum Gasteiger partial charge on any atom is -0.369 e. The van der Waals surface area contributed by atoms with E-state index in [0.29, 0.717) is 18.8 Å². The van der Waals surface area contributed by atoms with E-state index < -0.39 is 15.6 Å². The molecule has 1 aromatic rings. The molecular weight excluding hydrogens is 511 g/mol. The smallest absolute Gasteiger partial charge is 0.304 e. The summed E-state index contributed by atoms with van der Waals surface area (Å²) in [6.07, 6.45) is 4.23. The van der Waals surface area contributed by atoms with E-state index in [1.54, 1.807) is 12.1 Å². The normalized spacial score (nSPS) is 35.8. The van der Waals surface area contributed by atoms with Crippen molar-refractivity contribution >= 4 is 50.9 Å². The SMILES string of the molecule is Cc1cc(Cl)c(N2C[C@@H](C)CN(CC(=O)NC3C4CC5CC3CC(C(N)=O)(C5)C4)S2(=O)=O)c(Cl)c1. The average molecular weight is 544 g/mol. The van der Waals surface area contributed by atoms with E-state index in [2.05, 4.69) is 5.32 Å². The zero-order valence-electron chi connectivity index (χ0n) is 20.0. The van der Waals surface area contributed by atoms with Crippen molar-refractivity contribution in [3.8, 4) is 0 Å². The van der Waals surface area contributed by atoms with Gasteiger partial charge in [-0.1, -0.05) is 30.1 Å². The number of nitrogens with zero attached hydrogens (tertiary/aromatic N) is 2. The summed E-state index contributed by atoms with van der Waals surface area (Å²) < 4.78 is 29.5. The molecule has 0 aromatic heterocycles. The molecule has 0 radical (unpaired) electrons. The van der Waals surface area contributed by atoms with E-state index in [1.807, 2.05) is 13.8 Å². The van der Waals surface area contributed by atoms with E-state index in [4.69, 9.17) is 28.9 Å². The van der Waals surface area contributed by atoms with E-state index in [-0.39, 0.29) is 71.0 Å². The molecule has 8 nitrogen and oxygen atoms in total. The van der Waals surface area contributed by atoms with Crippen LogP contribution in [0.5, 0.6) is 0 Å². The van der Waals surface area contributed by atoms with Crippen LogP contribution in [0.25, 0.3) is 0 Å². The number of nitrogens with one attached hydrogen (secondary N) is 1. The molecule has 1 saturated heterocycles. The Bertz CT molecular complexity index is 1140. The molecule has 1 aromatic carbocycles. The summed E-state index contributed by atoms with van der Waals surface area (Å²) in [6, 6.07) is 3.31. The third kappa shape index (κ3) is 4.32. The largest absolute Gasteiger partial charge is 0.369 e. The maximum Gasteiger partial charge on any atom is 0.304 e. The quantitative estimate of drug-likeness (QED) is 0.594. The van der Waals surface area contributed by atoms with Crippen molar-refractivity contribution in [3.05, 3.63) is 27.7 Å². The summed E-state index contributed by atoms with van der Waals surface area (Å²) in [4.78, 5) is 25.4. The first-order chi connectivity index (χ1) is 16.4. The highest BCUT2D eigenvalue weighted by Crippen LogP contribution is 2.59. The number of amides is 2. The third-order valence-electron chi connectivity index (χ3n) is 8.45. The molecule has 0 spiro atoms. The van der Waals surface area contributed by atoms with Gasteiger partial charge >= 0.3 is 10.2 Å². The summed E-state index contributed by atoms with van der Waals surface area (Å²) in [5.74, 6) is 0.316. The number of carbonyl (C=O) groups excluding carboxylic acids is 2. The Hall–Kier alpha value is -1.55. The van der Waals surface area contributed by atoms with Crippen LogP contribution in [0.3, 0.4) is 0 Å². The number of benzene rings is 1. The maximum atomic E-state index is 13.5. The number of aryl methyl sites for hydroxylation is 1. The molecule has 11 heteroatoms. The van der Waals surface area contributed by atoms with Crippen LogP contribution >= 0.6 is 23.2 Å². The summed E-state index contributed by atoms with van der Waals surface area (Å²) >= 11 is 12.8. The minimum absolute atomic E-state index is 0.0311. The molecule has 3 atom stereocenters. The topological polar surface area (TPSA) is 113 Å². The molecule has 3 N–H and O–H groups in total. The maximum absolute atomic E-state index is 13.5. The first kappa shape index (κ1) is 25.1. The lowest BCUT2D eigenvalue weighted by atomic mass is 9.47. The standard InChI is InChI=1S/C24H32Cl2N4O4S/c1-13-3-18(25)22(19(26)4-13)30-11-14(2)10-29(35(30,33)34)12-20(31)28-21-16-5-15-6-17(21)9-24(7-15,8-16)23(27)32/h3-4,14-17,21H,5-12H2,1-2H3,(H2,27,32)(H,28,31)/t14-,15?,16?,17?,21?,24?/m0/s1. The molecular formula is C24H32Cl2N4O4S. The molecule has 1 heterocycles. The summed E-state index contributed by atoms with van der Waals surface area (Å²) in [7, 11) is -4.01. The Kier molecular flexibility index (Phi) is 6.30. The van der Waals surface area contributed by atoms with E-state index in [1.165, 1.54) is 8.61 Å². The fourth-order valence-electron chi connectivity index (χ4n) is 7.25.